The van der Waals surface area contributed by atoms with Crippen molar-refractivity contribution in [3.05, 3.63) is 71.8 Å². The highest BCUT2D eigenvalue weighted by Gasteiger charge is 2.61. The van der Waals surface area contributed by atoms with Crippen LogP contribution >= 0.6 is 0 Å². The van der Waals surface area contributed by atoms with E-state index in [1.165, 1.54) is 5.57 Å². The van der Waals surface area contributed by atoms with Crippen molar-refractivity contribution in [2.75, 3.05) is 0 Å². The minimum Gasteiger partial charge on any atom is -0.458 e. The SMILES string of the molecule is C=C1C(=C)[C@H]2[C@@H]3CC=C4CC(OC(=O)c5ccccc5)CC[C@]4(C)[C@@H]3CC[C@]2(C)C1=O. The molecule has 5 rings (SSSR count). The van der Waals surface area contributed by atoms with Crippen molar-refractivity contribution in [3.63, 3.8) is 0 Å². The number of ether oxygens (including phenoxy) is 1. The smallest absolute Gasteiger partial charge is 0.338 e. The van der Waals surface area contributed by atoms with E-state index in [1.807, 2.05) is 30.3 Å². The second-order valence-corrected chi connectivity index (χ2v) is 10.6. The predicted octanol–water partition coefficient (Wildman–Crippen LogP) is 6.08. The third-order valence-electron chi connectivity index (χ3n) is 9.07. The van der Waals surface area contributed by atoms with Crippen molar-refractivity contribution in [1.82, 2.24) is 0 Å². The fraction of sp³-hybridized carbons (Fsp3) is 0.500. The second-order valence-electron chi connectivity index (χ2n) is 10.6. The van der Waals surface area contributed by atoms with E-state index in [0.717, 1.165) is 44.1 Å². The fourth-order valence-electron chi connectivity index (χ4n) is 7.31. The Kier molecular flexibility index (Phi) is 4.66. The highest BCUT2D eigenvalue weighted by atomic mass is 16.5. The number of carbonyl (C=O) groups excluding carboxylic acids is 2. The molecule has 1 unspecified atom stereocenters. The molecule has 0 aromatic heterocycles. The van der Waals surface area contributed by atoms with E-state index in [0.29, 0.717) is 23.0 Å². The number of hydrogen-bond donors (Lipinski definition) is 0. The van der Waals surface area contributed by atoms with Crippen molar-refractivity contribution in [2.45, 2.75) is 58.5 Å². The second kappa shape index (κ2) is 7.05. The molecule has 0 bridgehead atoms. The van der Waals surface area contributed by atoms with E-state index in [1.54, 1.807) is 0 Å². The average molecular weight is 417 g/mol. The monoisotopic (exact) mass is 416 g/mol. The van der Waals surface area contributed by atoms with Crippen LogP contribution in [0.4, 0.5) is 0 Å². The Labute approximate surface area is 185 Å². The maximum absolute atomic E-state index is 12.9. The summed E-state index contributed by atoms with van der Waals surface area (Å²) < 4.78 is 5.89. The summed E-state index contributed by atoms with van der Waals surface area (Å²) in [5, 5.41) is 0. The Morgan fingerprint density at radius 2 is 1.77 bits per heavy atom. The maximum Gasteiger partial charge on any atom is 0.338 e. The van der Waals surface area contributed by atoms with Gasteiger partial charge in [0.1, 0.15) is 6.10 Å². The number of esters is 1. The zero-order valence-corrected chi connectivity index (χ0v) is 18.7. The first-order chi connectivity index (χ1) is 14.8. The Balaban J connectivity index is 1.37. The van der Waals surface area contributed by atoms with Crippen LogP contribution in [0.3, 0.4) is 0 Å². The van der Waals surface area contributed by atoms with E-state index in [-0.39, 0.29) is 34.6 Å². The van der Waals surface area contributed by atoms with Gasteiger partial charge in [0.15, 0.2) is 5.78 Å². The number of Topliss-reactive ketones (excluding diaryl/α,β-unsaturated/α-hetero) is 1. The molecule has 0 aliphatic heterocycles. The van der Waals surface area contributed by atoms with Gasteiger partial charge >= 0.3 is 5.97 Å². The molecule has 0 radical (unpaired) electrons. The van der Waals surface area contributed by atoms with Gasteiger partial charge < -0.3 is 4.74 Å². The quantitative estimate of drug-likeness (QED) is 0.333. The molecule has 0 N–H and O–H groups in total. The Bertz CT molecular complexity index is 1000. The molecule has 0 saturated heterocycles. The summed E-state index contributed by atoms with van der Waals surface area (Å²) in [7, 11) is 0. The number of carbonyl (C=O) groups is 2. The first-order valence-electron chi connectivity index (χ1n) is 11.6. The van der Waals surface area contributed by atoms with E-state index in [4.69, 9.17) is 4.74 Å². The molecule has 3 saturated carbocycles. The summed E-state index contributed by atoms with van der Waals surface area (Å²) in [6.07, 6.45) is 8.06. The van der Waals surface area contributed by atoms with Crippen LogP contribution in [0.15, 0.2) is 66.3 Å². The van der Waals surface area contributed by atoms with E-state index >= 15 is 0 Å². The standard InChI is InChI=1S/C28H32O3/c1-17-18(2)25(29)28(4)15-13-23-22(24(17)28)11-10-20-16-21(12-14-27(20,23)3)31-26(30)19-8-6-5-7-9-19/h5-10,21-24H,1-2,11-16H2,3-4H3/t21?,22-,23-,24+,27+,28+/m1/s1. The number of rotatable bonds is 2. The van der Waals surface area contributed by atoms with Gasteiger partial charge in [-0.25, -0.2) is 4.79 Å². The van der Waals surface area contributed by atoms with Crippen molar-refractivity contribution < 1.29 is 14.3 Å². The molecule has 0 amide bonds. The van der Waals surface area contributed by atoms with Gasteiger partial charge in [-0.15, -0.1) is 0 Å². The van der Waals surface area contributed by atoms with E-state index in [2.05, 4.69) is 33.1 Å². The van der Waals surface area contributed by atoms with Crippen LogP contribution in [0.2, 0.25) is 0 Å². The molecule has 3 heteroatoms. The molecular formula is C28H32O3. The number of allylic oxidation sites excluding steroid dienone is 3. The normalized spacial score (nSPS) is 39.3. The molecule has 0 spiro atoms. The third kappa shape index (κ3) is 2.92. The van der Waals surface area contributed by atoms with Crippen LogP contribution in [-0.4, -0.2) is 17.9 Å². The Morgan fingerprint density at radius 1 is 1.06 bits per heavy atom. The highest BCUT2D eigenvalue weighted by Crippen LogP contribution is 2.65. The lowest BCUT2D eigenvalue weighted by Gasteiger charge is -2.56. The zero-order chi connectivity index (χ0) is 22.0. The summed E-state index contributed by atoms with van der Waals surface area (Å²) >= 11 is 0. The third-order valence-corrected chi connectivity index (χ3v) is 9.07. The van der Waals surface area contributed by atoms with Crippen molar-refractivity contribution in [3.8, 4) is 0 Å². The largest absolute Gasteiger partial charge is 0.458 e. The summed E-state index contributed by atoms with van der Waals surface area (Å²) in [4.78, 5) is 25.5. The molecule has 4 aliphatic rings. The minimum atomic E-state index is -0.320. The first-order valence-corrected chi connectivity index (χ1v) is 11.6. The van der Waals surface area contributed by atoms with Gasteiger partial charge in [-0.2, -0.15) is 0 Å². The summed E-state index contributed by atoms with van der Waals surface area (Å²) in [5.41, 5.74) is 3.50. The molecule has 162 valence electrons. The molecule has 1 aromatic carbocycles. The molecule has 4 aliphatic carbocycles. The van der Waals surface area contributed by atoms with Gasteiger partial charge in [-0.3, -0.25) is 4.79 Å². The Morgan fingerprint density at radius 3 is 2.52 bits per heavy atom. The lowest BCUT2D eigenvalue weighted by molar-refractivity contribution is -0.129. The number of benzene rings is 1. The number of fused-ring (bicyclic) bond motifs is 5. The van der Waals surface area contributed by atoms with E-state index < -0.39 is 0 Å². The van der Waals surface area contributed by atoms with Crippen molar-refractivity contribution in [1.29, 1.82) is 0 Å². The Hall–Kier alpha value is -2.42. The lowest BCUT2D eigenvalue weighted by Crippen LogP contribution is -2.51. The molecule has 6 atom stereocenters. The van der Waals surface area contributed by atoms with Gasteiger partial charge in [0.2, 0.25) is 0 Å². The fourth-order valence-corrected chi connectivity index (χ4v) is 7.31. The average Bonchev–Trinajstić information content (AvgIpc) is 2.95. The minimum absolute atomic E-state index is 0.0553. The number of ketones is 1. The molecule has 31 heavy (non-hydrogen) atoms. The van der Waals surface area contributed by atoms with E-state index in [9.17, 15) is 9.59 Å². The highest BCUT2D eigenvalue weighted by molar-refractivity contribution is 6.07. The number of hydrogen-bond acceptors (Lipinski definition) is 3. The van der Waals surface area contributed by atoms with Crippen molar-refractivity contribution in [2.24, 2.45) is 28.6 Å². The summed E-state index contributed by atoms with van der Waals surface area (Å²) in [6, 6.07) is 9.25. The van der Waals surface area contributed by atoms with Gasteiger partial charge in [0, 0.05) is 23.3 Å². The maximum atomic E-state index is 12.9. The van der Waals surface area contributed by atoms with Gasteiger partial charge in [0.05, 0.1) is 5.56 Å². The summed E-state index contributed by atoms with van der Waals surface area (Å²) in [6.45, 7) is 12.9. The lowest BCUT2D eigenvalue weighted by atomic mass is 9.48. The van der Waals surface area contributed by atoms with Gasteiger partial charge in [-0.1, -0.05) is 56.9 Å². The van der Waals surface area contributed by atoms with Crippen LogP contribution in [-0.2, 0) is 9.53 Å². The van der Waals surface area contributed by atoms with Crippen molar-refractivity contribution >= 4 is 11.8 Å². The van der Waals surface area contributed by atoms with Crippen LogP contribution in [0, 0.1) is 28.6 Å². The zero-order valence-electron chi connectivity index (χ0n) is 18.7. The summed E-state index contributed by atoms with van der Waals surface area (Å²) in [5.74, 6) is 1.21. The van der Waals surface area contributed by atoms with Crippen LogP contribution in [0.1, 0.15) is 62.7 Å². The van der Waals surface area contributed by atoms with Gasteiger partial charge in [-0.05, 0) is 67.1 Å². The topological polar surface area (TPSA) is 43.4 Å². The molecule has 3 fully saturated rings. The van der Waals surface area contributed by atoms with Crippen LogP contribution < -0.4 is 0 Å². The predicted molar refractivity (Wildman–Crippen MR) is 121 cm³/mol. The molecule has 1 aromatic rings. The molecular weight excluding hydrogens is 384 g/mol. The molecule has 3 nitrogen and oxygen atoms in total. The van der Waals surface area contributed by atoms with Gasteiger partial charge in [0.25, 0.3) is 0 Å². The molecule has 0 heterocycles. The van der Waals surface area contributed by atoms with Crippen LogP contribution in [0.5, 0.6) is 0 Å². The first kappa shape index (κ1) is 20.5. The van der Waals surface area contributed by atoms with Crippen LogP contribution in [0.25, 0.3) is 0 Å².